The molecule has 0 aliphatic carbocycles. The Balaban J connectivity index is 1.66. The molecule has 0 saturated carbocycles. The number of nitrogens with two attached hydrogens (primary N) is 1. The third-order valence-corrected chi connectivity index (χ3v) is 10.7. The van der Waals surface area contributed by atoms with Crippen LogP contribution in [0.25, 0.3) is 11.0 Å². The molecule has 2 aromatic heterocycles. The fourth-order valence-electron chi connectivity index (χ4n) is 3.48. The summed E-state index contributed by atoms with van der Waals surface area (Å²) in [5, 5.41) is 9.97. The Hall–Kier alpha value is -2.68. The lowest BCUT2D eigenvalue weighted by atomic mass is 10.1. The van der Waals surface area contributed by atoms with Gasteiger partial charge in [-0.1, -0.05) is 20.8 Å². The average molecular weight is 432 g/mol. The Morgan fingerprint density at radius 3 is 2.67 bits per heavy atom. The standard InChI is InChI=1S/C19H25N5O5Si/c1-19(2,3)30(4,5)26-8-11-13-14(29-18(25)28-13)17(27-11)24-7-10(6-20)12-15(21)22-9-23-16(12)24/h7,9,11,13-14,17H,8H2,1-5H3,(H2,21,22,23)/t11-,13-,14+,17-/m1/s1. The molecule has 11 heteroatoms. The first kappa shape index (κ1) is 20.6. The van der Waals surface area contributed by atoms with E-state index in [-0.39, 0.29) is 17.5 Å². The van der Waals surface area contributed by atoms with Crippen molar-refractivity contribution in [3.05, 3.63) is 18.1 Å². The van der Waals surface area contributed by atoms with Gasteiger partial charge in [0, 0.05) is 6.20 Å². The Bertz CT molecular complexity index is 1040. The third kappa shape index (κ3) is 3.21. The van der Waals surface area contributed by atoms with E-state index in [0.717, 1.165) is 0 Å². The predicted octanol–water partition coefficient (Wildman–Crippen LogP) is 2.71. The maximum absolute atomic E-state index is 11.9. The molecule has 4 atom stereocenters. The highest BCUT2D eigenvalue weighted by Crippen LogP contribution is 2.42. The van der Waals surface area contributed by atoms with Gasteiger partial charge in [0.05, 0.1) is 17.6 Å². The molecule has 30 heavy (non-hydrogen) atoms. The van der Waals surface area contributed by atoms with Crippen LogP contribution in [-0.2, 0) is 18.6 Å². The molecule has 4 rings (SSSR count). The highest BCUT2D eigenvalue weighted by Gasteiger charge is 2.56. The normalized spacial score (nSPS) is 26.3. The molecule has 0 unspecified atom stereocenters. The van der Waals surface area contributed by atoms with Gasteiger partial charge in [0.2, 0.25) is 0 Å². The monoisotopic (exact) mass is 431 g/mol. The zero-order valence-electron chi connectivity index (χ0n) is 17.6. The minimum absolute atomic E-state index is 0.0278. The van der Waals surface area contributed by atoms with Crippen LogP contribution in [0.1, 0.15) is 32.6 Å². The zero-order valence-corrected chi connectivity index (χ0v) is 18.6. The number of ether oxygens (including phenoxy) is 3. The van der Waals surface area contributed by atoms with Crippen molar-refractivity contribution in [3.63, 3.8) is 0 Å². The summed E-state index contributed by atoms with van der Waals surface area (Å²) < 4.78 is 25.0. The lowest BCUT2D eigenvalue weighted by Crippen LogP contribution is -2.44. The van der Waals surface area contributed by atoms with Crippen LogP contribution in [0.4, 0.5) is 10.6 Å². The van der Waals surface area contributed by atoms with Crippen molar-refractivity contribution < 1.29 is 23.4 Å². The van der Waals surface area contributed by atoms with Gasteiger partial charge in [0.1, 0.15) is 30.0 Å². The minimum Gasteiger partial charge on any atom is -0.424 e. The molecule has 2 aromatic rings. The summed E-state index contributed by atoms with van der Waals surface area (Å²) in [5.41, 5.74) is 6.70. The van der Waals surface area contributed by atoms with Gasteiger partial charge in [-0.2, -0.15) is 5.26 Å². The molecule has 0 amide bonds. The van der Waals surface area contributed by atoms with Crippen LogP contribution in [0.3, 0.4) is 0 Å². The van der Waals surface area contributed by atoms with Crippen molar-refractivity contribution in [2.75, 3.05) is 12.3 Å². The molecule has 2 aliphatic rings. The number of hydrogen-bond donors (Lipinski definition) is 1. The SMILES string of the molecule is CC(C)(C)[Si](C)(C)OC[C@H]1O[C@@H](n2cc(C#N)c3c(N)ncnc32)[C@H]2OC(=O)O[C@@H]21. The predicted molar refractivity (Wildman–Crippen MR) is 109 cm³/mol. The second-order valence-corrected chi connectivity index (χ2v) is 13.9. The van der Waals surface area contributed by atoms with Crippen molar-refractivity contribution in [3.8, 4) is 6.07 Å². The van der Waals surface area contributed by atoms with E-state index in [4.69, 9.17) is 24.4 Å². The van der Waals surface area contributed by atoms with E-state index in [1.807, 2.05) is 0 Å². The van der Waals surface area contributed by atoms with Crippen molar-refractivity contribution in [2.24, 2.45) is 0 Å². The quantitative estimate of drug-likeness (QED) is 0.572. The van der Waals surface area contributed by atoms with E-state index in [1.165, 1.54) is 6.33 Å². The molecule has 2 fully saturated rings. The topological polar surface area (TPSA) is 135 Å². The molecular weight excluding hydrogens is 406 g/mol. The minimum atomic E-state index is -2.04. The Kier molecular flexibility index (Phi) is 4.76. The Morgan fingerprint density at radius 2 is 2.00 bits per heavy atom. The molecule has 160 valence electrons. The van der Waals surface area contributed by atoms with E-state index >= 15 is 0 Å². The van der Waals surface area contributed by atoms with Crippen LogP contribution in [0.2, 0.25) is 18.1 Å². The molecule has 2 N–H and O–H groups in total. The first-order valence-corrected chi connectivity index (χ1v) is 12.6. The van der Waals surface area contributed by atoms with Crippen molar-refractivity contribution in [1.29, 1.82) is 5.26 Å². The molecule has 0 spiro atoms. The van der Waals surface area contributed by atoms with E-state index in [1.54, 1.807) is 10.8 Å². The number of carbonyl (C=O) groups is 1. The fraction of sp³-hybridized carbons (Fsp3) is 0.579. The molecule has 0 aromatic carbocycles. The number of nitrogen functional groups attached to an aromatic ring is 1. The Morgan fingerprint density at radius 1 is 1.30 bits per heavy atom. The van der Waals surface area contributed by atoms with E-state index in [9.17, 15) is 10.1 Å². The van der Waals surface area contributed by atoms with Crippen molar-refractivity contribution in [2.45, 2.75) is 63.4 Å². The number of aromatic nitrogens is 3. The van der Waals surface area contributed by atoms with E-state index in [2.05, 4.69) is 49.9 Å². The highest BCUT2D eigenvalue weighted by atomic mass is 28.4. The number of carbonyl (C=O) groups excluding carboxylic acids is 1. The first-order chi connectivity index (χ1) is 14.0. The summed E-state index contributed by atoms with van der Waals surface area (Å²) in [4.78, 5) is 20.1. The molecular formula is C19H25N5O5Si. The van der Waals surface area contributed by atoms with Gasteiger partial charge in [0.15, 0.2) is 26.8 Å². The largest absolute Gasteiger partial charge is 0.509 e. The van der Waals surface area contributed by atoms with Crippen LogP contribution in [0.15, 0.2) is 12.5 Å². The number of rotatable bonds is 4. The van der Waals surface area contributed by atoms with Crippen molar-refractivity contribution >= 4 is 31.3 Å². The van der Waals surface area contributed by atoms with Gasteiger partial charge in [-0.15, -0.1) is 0 Å². The number of nitrogens with zero attached hydrogens (tertiary/aromatic N) is 4. The van der Waals surface area contributed by atoms with Crippen LogP contribution >= 0.6 is 0 Å². The summed E-state index contributed by atoms with van der Waals surface area (Å²) in [7, 11) is -2.04. The maximum Gasteiger partial charge on any atom is 0.509 e. The summed E-state index contributed by atoms with van der Waals surface area (Å²) in [6.45, 7) is 11.0. The number of anilines is 1. The van der Waals surface area contributed by atoms with Crippen molar-refractivity contribution in [1.82, 2.24) is 14.5 Å². The summed E-state index contributed by atoms with van der Waals surface area (Å²) in [6.07, 6.45) is -0.395. The molecule has 2 saturated heterocycles. The van der Waals surface area contributed by atoms with Gasteiger partial charge in [-0.3, -0.25) is 0 Å². The molecule has 0 bridgehead atoms. The smallest absolute Gasteiger partial charge is 0.424 e. The first-order valence-electron chi connectivity index (χ1n) is 9.71. The van der Waals surface area contributed by atoms with Gasteiger partial charge in [-0.05, 0) is 18.1 Å². The molecule has 4 heterocycles. The van der Waals surface area contributed by atoms with E-state index < -0.39 is 39.0 Å². The second kappa shape index (κ2) is 6.94. The van der Waals surface area contributed by atoms with E-state index in [0.29, 0.717) is 16.6 Å². The maximum atomic E-state index is 11.9. The van der Waals surface area contributed by atoms with Gasteiger partial charge in [0.25, 0.3) is 0 Å². The summed E-state index contributed by atoms with van der Waals surface area (Å²) in [6, 6.07) is 2.10. The Labute approximate surface area is 175 Å². The number of fused-ring (bicyclic) bond motifs is 2. The molecule has 2 aliphatic heterocycles. The van der Waals surface area contributed by atoms with Gasteiger partial charge in [-0.25, -0.2) is 14.8 Å². The van der Waals surface area contributed by atoms with Gasteiger partial charge >= 0.3 is 6.16 Å². The van der Waals surface area contributed by atoms with Gasteiger partial charge < -0.3 is 28.9 Å². The summed E-state index contributed by atoms with van der Waals surface area (Å²) >= 11 is 0. The van der Waals surface area contributed by atoms with Crippen LogP contribution in [0.5, 0.6) is 0 Å². The third-order valence-electron chi connectivity index (χ3n) is 6.20. The zero-order chi connectivity index (χ0) is 21.8. The van der Waals surface area contributed by atoms with Crippen LogP contribution in [0, 0.1) is 11.3 Å². The van der Waals surface area contributed by atoms with Crippen LogP contribution < -0.4 is 5.73 Å². The molecule has 10 nitrogen and oxygen atoms in total. The van der Waals surface area contributed by atoms with Crippen LogP contribution in [-0.4, -0.2) is 53.9 Å². The summed E-state index contributed by atoms with van der Waals surface area (Å²) in [5.74, 6) is 0.197. The molecule has 0 radical (unpaired) electrons. The lowest BCUT2D eigenvalue weighted by molar-refractivity contribution is -0.0684. The average Bonchev–Trinajstić information content (AvgIpc) is 3.31. The number of hydrogen-bond acceptors (Lipinski definition) is 9. The lowest BCUT2D eigenvalue weighted by Gasteiger charge is -2.37. The highest BCUT2D eigenvalue weighted by molar-refractivity contribution is 6.74. The fourth-order valence-corrected chi connectivity index (χ4v) is 4.49. The number of nitriles is 1. The second-order valence-electron chi connectivity index (χ2n) is 9.07.